The van der Waals surface area contributed by atoms with Crippen LogP contribution in [0.1, 0.15) is 44.1 Å². The minimum Gasteiger partial charge on any atom is -0.348 e. The fourth-order valence-electron chi connectivity index (χ4n) is 3.42. The zero-order valence-electron chi connectivity index (χ0n) is 14.1. The van der Waals surface area contributed by atoms with Crippen LogP contribution in [-0.4, -0.2) is 28.6 Å². The van der Waals surface area contributed by atoms with Gasteiger partial charge >= 0.3 is 0 Å². The molecule has 3 aliphatic rings. The second-order valence-electron chi connectivity index (χ2n) is 7.30. The lowest BCUT2D eigenvalue weighted by Gasteiger charge is -2.25. The van der Waals surface area contributed by atoms with E-state index in [1.165, 1.54) is 42.8 Å². The van der Waals surface area contributed by atoms with Crippen LogP contribution >= 0.6 is 0 Å². The summed E-state index contributed by atoms with van der Waals surface area (Å²) < 4.78 is 13.0. The van der Waals surface area contributed by atoms with E-state index in [4.69, 9.17) is 0 Å². The summed E-state index contributed by atoms with van der Waals surface area (Å²) in [6.45, 7) is 0.255. The number of amides is 2. The van der Waals surface area contributed by atoms with Gasteiger partial charge in [0.25, 0.3) is 5.91 Å². The molecule has 4 rings (SSSR count). The highest BCUT2D eigenvalue weighted by Crippen LogP contribution is 2.44. The maximum atomic E-state index is 13.0. The van der Waals surface area contributed by atoms with Crippen LogP contribution in [0.3, 0.4) is 0 Å². The van der Waals surface area contributed by atoms with Crippen LogP contribution in [0.15, 0.2) is 29.4 Å². The van der Waals surface area contributed by atoms with Gasteiger partial charge in [0.15, 0.2) is 0 Å². The number of hydrazone groups is 1. The Bertz CT molecular complexity index is 696. The molecule has 0 atom stereocenters. The Labute approximate surface area is 146 Å². The van der Waals surface area contributed by atoms with Gasteiger partial charge in [-0.1, -0.05) is 12.1 Å². The van der Waals surface area contributed by atoms with E-state index in [1.807, 2.05) is 0 Å². The predicted molar refractivity (Wildman–Crippen MR) is 91.0 cm³/mol. The number of halogens is 1. The van der Waals surface area contributed by atoms with Crippen LogP contribution < -0.4 is 5.32 Å². The third-order valence-electron chi connectivity index (χ3n) is 5.17. The van der Waals surface area contributed by atoms with Crippen molar-refractivity contribution in [2.24, 2.45) is 16.9 Å². The minimum atomic E-state index is -0.316. The van der Waals surface area contributed by atoms with E-state index in [-0.39, 0.29) is 36.6 Å². The molecule has 6 heteroatoms. The standard InChI is InChI=1S/C19H22FN3O2/c20-15-7-1-12(2-8-15)11-23-17(24)10-9-16(22-23)19(25)21-18(13-3-4-13)14-5-6-14/h1-2,7-8,13-14,18H,3-6,9-11H2,(H,21,25). The zero-order valence-corrected chi connectivity index (χ0v) is 14.1. The van der Waals surface area contributed by atoms with Gasteiger partial charge in [0.1, 0.15) is 11.5 Å². The number of hydrogen-bond acceptors (Lipinski definition) is 3. The quantitative estimate of drug-likeness (QED) is 0.863. The van der Waals surface area contributed by atoms with Crippen molar-refractivity contribution in [2.75, 3.05) is 0 Å². The van der Waals surface area contributed by atoms with Crippen LogP contribution in [0, 0.1) is 17.7 Å². The van der Waals surface area contributed by atoms with E-state index in [0.717, 1.165) is 5.56 Å². The molecule has 25 heavy (non-hydrogen) atoms. The lowest BCUT2D eigenvalue weighted by Crippen LogP contribution is -2.44. The Morgan fingerprint density at radius 1 is 1.16 bits per heavy atom. The summed E-state index contributed by atoms with van der Waals surface area (Å²) in [5, 5.41) is 8.78. The Morgan fingerprint density at radius 2 is 1.80 bits per heavy atom. The van der Waals surface area contributed by atoms with Gasteiger partial charge in [-0.15, -0.1) is 0 Å². The number of hydrogen-bond donors (Lipinski definition) is 1. The lowest BCUT2D eigenvalue weighted by atomic mass is 10.1. The average Bonchev–Trinajstić information content (AvgIpc) is 3.49. The Kier molecular flexibility index (Phi) is 4.27. The summed E-state index contributed by atoms with van der Waals surface area (Å²) in [4.78, 5) is 24.7. The smallest absolute Gasteiger partial charge is 0.267 e. The van der Waals surface area contributed by atoms with Crippen molar-refractivity contribution < 1.29 is 14.0 Å². The number of benzene rings is 1. The molecule has 1 aromatic rings. The third-order valence-corrected chi connectivity index (χ3v) is 5.17. The molecule has 0 spiro atoms. The molecule has 0 unspecified atom stereocenters. The van der Waals surface area contributed by atoms with Crippen molar-refractivity contribution in [3.05, 3.63) is 35.6 Å². The van der Waals surface area contributed by atoms with Gasteiger partial charge in [-0.05, 0) is 55.2 Å². The lowest BCUT2D eigenvalue weighted by molar-refractivity contribution is -0.132. The number of nitrogens with one attached hydrogen (secondary N) is 1. The van der Waals surface area contributed by atoms with Gasteiger partial charge in [-0.2, -0.15) is 5.10 Å². The van der Waals surface area contributed by atoms with Crippen LogP contribution in [-0.2, 0) is 16.1 Å². The fourth-order valence-corrected chi connectivity index (χ4v) is 3.42. The predicted octanol–water partition coefficient (Wildman–Crippen LogP) is 2.61. The maximum absolute atomic E-state index is 13.0. The molecule has 132 valence electrons. The van der Waals surface area contributed by atoms with Crippen LogP contribution in [0.25, 0.3) is 0 Å². The molecular formula is C19H22FN3O2. The monoisotopic (exact) mass is 343 g/mol. The number of carbonyl (C=O) groups is 2. The molecule has 2 saturated carbocycles. The van der Waals surface area contributed by atoms with Crippen LogP contribution in [0.2, 0.25) is 0 Å². The Balaban J connectivity index is 1.44. The van der Waals surface area contributed by atoms with Crippen molar-refractivity contribution in [2.45, 2.75) is 51.1 Å². The van der Waals surface area contributed by atoms with E-state index in [0.29, 0.717) is 24.0 Å². The second kappa shape index (κ2) is 6.58. The molecule has 2 aliphatic carbocycles. The minimum absolute atomic E-state index is 0.109. The zero-order chi connectivity index (χ0) is 17.4. The first-order chi connectivity index (χ1) is 12.1. The molecule has 1 aliphatic heterocycles. The number of nitrogens with zero attached hydrogens (tertiary/aromatic N) is 2. The summed E-state index contributed by atoms with van der Waals surface area (Å²) in [5.74, 6) is 0.681. The summed E-state index contributed by atoms with van der Waals surface area (Å²) in [7, 11) is 0. The topological polar surface area (TPSA) is 61.8 Å². The molecule has 1 N–H and O–H groups in total. The van der Waals surface area contributed by atoms with Crippen molar-refractivity contribution in [1.82, 2.24) is 10.3 Å². The van der Waals surface area contributed by atoms with E-state index in [2.05, 4.69) is 10.4 Å². The molecule has 2 fully saturated rings. The molecule has 1 heterocycles. The molecular weight excluding hydrogens is 321 g/mol. The molecule has 0 radical (unpaired) electrons. The summed E-state index contributed by atoms with van der Waals surface area (Å²) in [6.07, 6.45) is 5.45. The van der Waals surface area contributed by atoms with Crippen LogP contribution in [0.5, 0.6) is 0 Å². The van der Waals surface area contributed by atoms with Gasteiger partial charge in [0.2, 0.25) is 5.91 Å². The summed E-state index contributed by atoms with van der Waals surface area (Å²) in [6, 6.07) is 6.25. The highest BCUT2D eigenvalue weighted by Gasteiger charge is 2.42. The van der Waals surface area contributed by atoms with Crippen molar-refractivity contribution in [3.8, 4) is 0 Å². The van der Waals surface area contributed by atoms with Gasteiger partial charge in [-0.3, -0.25) is 9.59 Å². The van der Waals surface area contributed by atoms with E-state index < -0.39 is 0 Å². The van der Waals surface area contributed by atoms with E-state index >= 15 is 0 Å². The molecule has 1 aromatic carbocycles. The largest absolute Gasteiger partial charge is 0.348 e. The van der Waals surface area contributed by atoms with Gasteiger partial charge in [-0.25, -0.2) is 9.40 Å². The normalized spacial score (nSPS) is 20.6. The molecule has 5 nitrogen and oxygen atoms in total. The van der Waals surface area contributed by atoms with Crippen molar-refractivity contribution in [3.63, 3.8) is 0 Å². The van der Waals surface area contributed by atoms with Crippen LogP contribution in [0.4, 0.5) is 4.39 Å². The summed E-state index contributed by atoms with van der Waals surface area (Å²) >= 11 is 0. The fraction of sp³-hybridized carbons (Fsp3) is 0.526. The first-order valence-corrected chi connectivity index (χ1v) is 9.03. The van der Waals surface area contributed by atoms with Gasteiger partial charge in [0, 0.05) is 18.9 Å². The van der Waals surface area contributed by atoms with Gasteiger partial charge in [0.05, 0.1) is 6.54 Å². The van der Waals surface area contributed by atoms with E-state index in [1.54, 1.807) is 12.1 Å². The summed E-state index contributed by atoms with van der Waals surface area (Å²) in [5.41, 5.74) is 1.21. The second-order valence-corrected chi connectivity index (χ2v) is 7.30. The van der Waals surface area contributed by atoms with Crippen molar-refractivity contribution in [1.29, 1.82) is 0 Å². The Hall–Kier alpha value is -2.24. The van der Waals surface area contributed by atoms with E-state index in [9.17, 15) is 14.0 Å². The highest BCUT2D eigenvalue weighted by atomic mass is 19.1. The third kappa shape index (κ3) is 3.89. The molecule has 0 saturated heterocycles. The molecule has 0 bridgehead atoms. The molecule has 0 aromatic heterocycles. The maximum Gasteiger partial charge on any atom is 0.267 e. The molecule has 2 amide bonds. The SMILES string of the molecule is O=C(NC(C1CC1)C1CC1)C1=NN(Cc2ccc(F)cc2)C(=O)CC1. The highest BCUT2D eigenvalue weighted by molar-refractivity contribution is 6.39. The average molecular weight is 343 g/mol. The van der Waals surface area contributed by atoms with Gasteiger partial charge < -0.3 is 5.32 Å². The Morgan fingerprint density at radius 3 is 2.40 bits per heavy atom. The first-order valence-electron chi connectivity index (χ1n) is 9.03. The number of carbonyl (C=O) groups excluding carboxylic acids is 2. The number of rotatable bonds is 6. The van der Waals surface area contributed by atoms with Crippen molar-refractivity contribution >= 4 is 17.5 Å². The first kappa shape index (κ1) is 16.2.